The number of aliphatic hydroxyl groups is 3. The summed E-state index contributed by atoms with van der Waals surface area (Å²) in [5, 5.41) is 42.5. The number of amides is 2. The molecule has 3 aliphatic heterocycles. The Morgan fingerprint density at radius 3 is 1.42 bits per heavy atom. The molecule has 3 saturated heterocycles. The molecule has 7 heterocycles. The fourth-order valence-corrected chi connectivity index (χ4v) is 16.2. The summed E-state index contributed by atoms with van der Waals surface area (Å²) in [6.45, 7) is 30.3. The van der Waals surface area contributed by atoms with Gasteiger partial charge in [-0.25, -0.2) is 28.6 Å². The third-order valence-electron chi connectivity index (χ3n) is 15.6. The second-order valence-electron chi connectivity index (χ2n) is 25.9. The number of fused-ring (bicyclic) bond motifs is 1. The molecule has 3 fully saturated rings. The van der Waals surface area contributed by atoms with Crippen LogP contribution in [0.2, 0.25) is 0 Å². The van der Waals surface area contributed by atoms with E-state index in [1.807, 2.05) is 61.5 Å². The third-order valence-corrected chi connectivity index (χ3v) is 22.1. The summed E-state index contributed by atoms with van der Waals surface area (Å²) in [7, 11) is -0.659. The molecule has 0 aliphatic carbocycles. The highest BCUT2D eigenvalue weighted by molar-refractivity contribution is 7.45. The summed E-state index contributed by atoms with van der Waals surface area (Å²) >= 11 is 0. The van der Waals surface area contributed by atoms with E-state index in [0.29, 0.717) is 30.4 Å². The average Bonchev–Trinajstić information content (AvgIpc) is 1.63. The minimum absolute atomic E-state index is 0.0275. The zero-order chi connectivity index (χ0) is 84.8. The molecular formula is C70H113N16O18P3. The van der Waals surface area contributed by atoms with Gasteiger partial charge in [0.25, 0.3) is 42.6 Å². The van der Waals surface area contributed by atoms with Crippen LogP contribution in [-0.2, 0) is 46.1 Å². The first-order chi connectivity index (χ1) is 53.7. The molecule has 3 unspecified atom stereocenters. The van der Waals surface area contributed by atoms with Crippen molar-refractivity contribution in [1.29, 1.82) is 20.1 Å². The number of aryl methyl sites for hydroxylation is 1. The van der Waals surface area contributed by atoms with E-state index in [1.165, 1.54) is 55.3 Å². The number of anilines is 2. The number of imidazole rings is 1. The van der Waals surface area contributed by atoms with Crippen LogP contribution in [0, 0.1) is 46.8 Å². The zero-order valence-corrected chi connectivity index (χ0v) is 67.2. The number of carbonyl (C=O) groups excluding carboxylic acids is 2. The predicted octanol–water partition coefficient (Wildman–Crippen LogP) is 9.79. The predicted molar refractivity (Wildman–Crippen MR) is 408 cm³/mol. The van der Waals surface area contributed by atoms with Gasteiger partial charge in [-0.05, 0) is 129 Å². The minimum Gasteiger partial charge on any atom is -0.400 e. The van der Waals surface area contributed by atoms with Gasteiger partial charge in [0.05, 0.1) is 100 Å². The lowest BCUT2D eigenvalue weighted by Crippen LogP contribution is -2.35. The lowest BCUT2D eigenvalue weighted by molar-refractivity contribution is -0.119. The Labute approximate surface area is 639 Å². The van der Waals surface area contributed by atoms with Crippen molar-refractivity contribution < 1.29 is 70.4 Å². The number of hydrogen-bond donors (Lipinski definition) is 7. The second-order valence-corrected chi connectivity index (χ2v) is 30.1. The summed E-state index contributed by atoms with van der Waals surface area (Å²) in [6.07, 6.45) is 1.27. The second kappa shape index (κ2) is 48.0. The first-order valence-corrected chi connectivity index (χ1v) is 38.3. The van der Waals surface area contributed by atoms with E-state index < -0.39 is 103 Å². The minimum atomic E-state index is -1.52. The Balaban J connectivity index is 0.000000418. The Kier molecular flexibility index (Phi) is 37.8. The number of nitriles is 3. The van der Waals surface area contributed by atoms with Crippen LogP contribution in [0.25, 0.3) is 11.2 Å². The molecule has 0 spiro atoms. The van der Waals surface area contributed by atoms with Gasteiger partial charge in [0.15, 0.2) is 11.2 Å². The van der Waals surface area contributed by atoms with Gasteiger partial charge in [-0.1, -0.05) is 32.0 Å². The number of nitrogens with one attached hydrogen (secondary N) is 4. The van der Waals surface area contributed by atoms with E-state index in [1.54, 1.807) is 49.6 Å². The van der Waals surface area contributed by atoms with Crippen LogP contribution in [0.15, 0.2) is 74.3 Å². The number of carbonyl (C=O) groups is 2. The highest BCUT2D eigenvalue weighted by Gasteiger charge is 2.43. The Bertz CT molecular complexity index is 3980. The number of hydrogen-bond acceptors (Lipinski definition) is 27. The van der Waals surface area contributed by atoms with Crippen molar-refractivity contribution >= 4 is 60.3 Å². The van der Waals surface area contributed by atoms with Gasteiger partial charge in [-0.2, -0.15) is 25.8 Å². The van der Waals surface area contributed by atoms with Crippen molar-refractivity contribution in [3.63, 3.8) is 0 Å². The lowest BCUT2D eigenvalue weighted by Gasteiger charge is -2.37. The van der Waals surface area contributed by atoms with E-state index in [2.05, 4.69) is 111 Å². The average molecular weight is 1570 g/mol. The van der Waals surface area contributed by atoms with Crippen molar-refractivity contribution in [1.82, 2.24) is 52.6 Å². The van der Waals surface area contributed by atoms with E-state index in [9.17, 15) is 28.8 Å². The Hall–Kier alpha value is -6.77. The van der Waals surface area contributed by atoms with Crippen molar-refractivity contribution in [3.05, 3.63) is 108 Å². The molecular weight excluding hydrogens is 1450 g/mol. The fraction of sp³-hybridized carbons (Fsp3) is 0.657. The molecule has 8 rings (SSSR count). The van der Waals surface area contributed by atoms with Gasteiger partial charge in [0.1, 0.15) is 24.5 Å². The molecule has 0 radical (unpaired) electrons. The maximum Gasteiger partial charge on any atom is 0.351 e. The SMILES string of the molecule is [2H]C[C@H]1O[C@@H](n2cc(C)c(=O)[nH]c2=O)C[C@H]1OP(OCCC#N)N(C(C)C)C(C)C.[2H]C[C@H]1O[C@@H](n2ccc(NC(=O)c3ccccc3)nc2=O)C[C@H]1OP(OCCC#N)N(C(C)C)C(C)C.[2H]C[C@H]1O[C@@H](n2cnc3c(=O)[nH]c(NC(=O)C(C)C)nc32)C[C@H]1OP(OCCC#N)N(C(C)C)C(C)C.[3H]OC.[3H]OC.[3H]OC. The van der Waals surface area contributed by atoms with Gasteiger partial charge in [-0.3, -0.25) is 48.2 Å². The zero-order valence-electron chi connectivity index (χ0n) is 70.5. The van der Waals surface area contributed by atoms with Crippen LogP contribution in [0.3, 0.4) is 0 Å². The molecule has 0 saturated carbocycles. The van der Waals surface area contributed by atoms with Gasteiger partial charge >= 0.3 is 11.4 Å². The third kappa shape index (κ3) is 28.2. The molecule has 12 atom stereocenters. The highest BCUT2D eigenvalue weighted by atomic mass is 31.2. The van der Waals surface area contributed by atoms with Gasteiger partial charge in [0, 0.05) is 110 Å². The molecule has 7 N–H and O–H groups in total. The lowest BCUT2D eigenvalue weighted by atomic mass is 10.2. The van der Waals surface area contributed by atoms with Crippen LogP contribution in [-0.4, -0.2) is 198 Å². The summed E-state index contributed by atoms with van der Waals surface area (Å²) in [5.74, 6) is -0.773. The highest BCUT2D eigenvalue weighted by Crippen LogP contribution is 2.53. The van der Waals surface area contributed by atoms with Gasteiger partial charge in [-0.15, -0.1) is 0 Å². The van der Waals surface area contributed by atoms with Crippen LogP contribution in [0.1, 0.15) is 195 Å². The maximum absolute atomic E-state index is 12.8. The number of nitrogens with zero attached hydrogens (tertiary/aromatic N) is 12. The molecule has 5 aromatic rings. The van der Waals surface area contributed by atoms with Crippen LogP contribution in [0.4, 0.5) is 11.8 Å². The quantitative estimate of drug-likeness (QED) is 0.0160. The summed E-state index contributed by atoms with van der Waals surface area (Å²) in [6, 6.07) is 17.2. The molecule has 4 aromatic heterocycles. The summed E-state index contributed by atoms with van der Waals surface area (Å²) < 4.78 is 107. The molecule has 1 aromatic carbocycles. The normalized spacial score (nSPS) is 21.2. The van der Waals surface area contributed by atoms with Crippen molar-refractivity contribution in [2.24, 2.45) is 5.92 Å². The molecule has 34 nitrogen and oxygen atoms in total. The van der Waals surface area contributed by atoms with E-state index in [-0.39, 0.29) is 137 Å². The molecule has 107 heavy (non-hydrogen) atoms. The topological polar surface area (TPSA) is 436 Å². The number of rotatable bonds is 31. The largest absolute Gasteiger partial charge is 0.400 e. The monoisotopic (exact) mass is 1570 g/mol. The Morgan fingerprint density at radius 1 is 0.626 bits per heavy atom. The number of aliphatic hydroxyl groups excluding tert-OH is 3. The van der Waals surface area contributed by atoms with Gasteiger partial charge < -0.3 is 62.0 Å². The number of aromatic nitrogens is 8. The Morgan fingerprint density at radius 2 is 1.04 bits per heavy atom. The number of benzene rings is 1. The fourth-order valence-electron chi connectivity index (χ4n) is 10.9. The van der Waals surface area contributed by atoms with Crippen molar-refractivity contribution in [3.8, 4) is 18.2 Å². The van der Waals surface area contributed by atoms with Crippen LogP contribution in [0.5, 0.6) is 0 Å². The van der Waals surface area contributed by atoms with Crippen LogP contribution >= 0.6 is 25.6 Å². The van der Waals surface area contributed by atoms with E-state index >= 15 is 0 Å². The van der Waals surface area contributed by atoms with Gasteiger partial charge in [0.2, 0.25) is 16.1 Å². The van der Waals surface area contributed by atoms with Crippen molar-refractivity contribution in [2.45, 2.75) is 255 Å². The molecule has 37 heteroatoms. The summed E-state index contributed by atoms with van der Waals surface area (Å²) in [4.78, 5) is 91.2. The molecule has 3 aliphatic rings. The van der Waals surface area contributed by atoms with E-state index in [0.717, 1.165) is 0 Å². The first kappa shape index (κ1) is 84.3. The first-order valence-electron chi connectivity index (χ1n) is 38.2. The number of H-pyrrole nitrogens is 2. The van der Waals surface area contributed by atoms with E-state index in [4.69, 9.17) is 65.5 Å². The number of aromatic amines is 2. The molecule has 596 valence electrons. The standard InChI is InChI=1S/C25H34N5O5P.C23H36N7O5P.C19H31N4O5P.3CH4O/c1-17(2)30(18(3)4)36(33-15-9-13-26)35-21-16-23(34-19(21)5)29-14-12-22(28-25(29)32)27-24(31)20-10-7-6-8-11-20;1-13(2)21(31)27-23-26-20-19(22(32)28-23)25-12-29(20)18-11-17(16(7)34-18)35-36(33-10-8-9-24)30(14(3)4)15(5)6;1-12(2)23(13(3)4)29(26-9-7-8-20)28-16-10-17(27-15(16)6)22-11-14(5)18(24)21-19(22)25;3*1-2/h6-8,10-12,14,17-19,21,23H,9,15-16H2,1-5H3,(H,27,28,31,32);12-18H,8,10-11H2,1-7H3,(H2,26,27,28,31,32);11-13,15-17H,7,9-10H2,1-6H3,(H,21,24,25);3*2H,1H3/t19-,21-,23-,36?;16-,17-,18-,36?;15-,16-,17-,29?;;;/m111.../s1/i5D;7D;6D;3*2T. The summed E-state index contributed by atoms with van der Waals surface area (Å²) in [5.41, 5.74) is -0.824. The number of ether oxygens (including phenoxy) is 3. The molecule has 0 bridgehead atoms. The maximum atomic E-state index is 12.8. The smallest absolute Gasteiger partial charge is 0.351 e. The van der Waals surface area contributed by atoms with Crippen LogP contribution < -0.4 is 33.1 Å². The van der Waals surface area contributed by atoms with Crippen molar-refractivity contribution in [2.75, 3.05) is 51.8 Å². The molecule has 2 amide bonds.